The molecule has 0 spiro atoms. The average molecular weight is 480 g/mol. The normalized spacial score (nSPS) is 15.3. The smallest absolute Gasteiger partial charge is 0.248 e. The van der Waals surface area contributed by atoms with E-state index in [1.807, 2.05) is 37.3 Å². The predicted octanol–water partition coefficient (Wildman–Crippen LogP) is 2.46. The minimum atomic E-state index is -0.432. The second-order valence-corrected chi connectivity index (χ2v) is 6.19. The first kappa shape index (κ1) is 21.0. The van der Waals surface area contributed by atoms with E-state index in [4.69, 9.17) is 10.5 Å². The highest BCUT2D eigenvalue weighted by atomic mass is 127. The minimum absolute atomic E-state index is 0. The van der Waals surface area contributed by atoms with Crippen LogP contribution in [0.1, 0.15) is 28.4 Å². The number of carbonyl (C=O) groups excluding carboxylic acids is 1. The summed E-state index contributed by atoms with van der Waals surface area (Å²) in [6.45, 7) is 3.91. The van der Waals surface area contributed by atoms with Gasteiger partial charge in [-0.15, -0.1) is 24.0 Å². The monoisotopic (exact) mass is 480 g/mol. The van der Waals surface area contributed by atoms with Gasteiger partial charge in [-0.05, 0) is 36.2 Å². The van der Waals surface area contributed by atoms with Gasteiger partial charge in [-0.25, -0.2) is 4.99 Å². The molecule has 0 bridgehead atoms. The molecular weight excluding hydrogens is 455 g/mol. The lowest BCUT2D eigenvalue weighted by molar-refractivity contribution is 0.1000. The van der Waals surface area contributed by atoms with Crippen LogP contribution in [-0.4, -0.2) is 31.1 Å². The fourth-order valence-electron chi connectivity index (χ4n) is 2.91. The van der Waals surface area contributed by atoms with Crippen molar-refractivity contribution in [3.05, 3.63) is 65.2 Å². The van der Waals surface area contributed by atoms with E-state index in [1.165, 1.54) is 5.56 Å². The van der Waals surface area contributed by atoms with Gasteiger partial charge in [0.15, 0.2) is 5.96 Å². The molecule has 2 aromatic rings. The first-order valence-electron chi connectivity index (χ1n) is 8.81. The van der Waals surface area contributed by atoms with Crippen molar-refractivity contribution in [1.82, 2.24) is 10.6 Å². The van der Waals surface area contributed by atoms with Gasteiger partial charge in [0.25, 0.3) is 0 Å². The number of halogens is 1. The zero-order valence-corrected chi connectivity index (χ0v) is 17.6. The van der Waals surface area contributed by atoms with E-state index in [0.717, 1.165) is 30.2 Å². The standard InChI is InChI=1S/C20H24N4O2.HI/c1-2-22-20(23-12-14-6-5-8-16(10-14)19(21)25)24-13-17-11-15-7-3-4-9-18(15)26-17;/h3-10,17H,2,11-13H2,1H3,(H2,21,25)(H2,22,23,24);1H. The van der Waals surface area contributed by atoms with E-state index in [2.05, 4.69) is 21.7 Å². The van der Waals surface area contributed by atoms with Gasteiger partial charge in [0.05, 0.1) is 13.1 Å². The number of carbonyl (C=O) groups is 1. The van der Waals surface area contributed by atoms with Crippen LogP contribution in [0.3, 0.4) is 0 Å². The van der Waals surface area contributed by atoms with Gasteiger partial charge in [-0.3, -0.25) is 4.79 Å². The molecule has 1 amide bonds. The van der Waals surface area contributed by atoms with Gasteiger partial charge in [0.2, 0.25) is 5.91 Å². The molecule has 1 aliphatic heterocycles. The van der Waals surface area contributed by atoms with Crippen LogP contribution in [0.2, 0.25) is 0 Å². The SMILES string of the molecule is CCNC(=NCc1cccc(C(N)=O)c1)NCC1Cc2ccccc2O1.I. The highest BCUT2D eigenvalue weighted by Gasteiger charge is 2.22. The van der Waals surface area contributed by atoms with E-state index in [0.29, 0.717) is 18.7 Å². The highest BCUT2D eigenvalue weighted by molar-refractivity contribution is 14.0. The van der Waals surface area contributed by atoms with E-state index < -0.39 is 5.91 Å². The van der Waals surface area contributed by atoms with Gasteiger partial charge in [-0.2, -0.15) is 0 Å². The van der Waals surface area contributed by atoms with E-state index >= 15 is 0 Å². The van der Waals surface area contributed by atoms with E-state index in [9.17, 15) is 4.79 Å². The summed E-state index contributed by atoms with van der Waals surface area (Å²) in [7, 11) is 0. The van der Waals surface area contributed by atoms with Gasteiger partial charge in [-0.1, -0.05) is 30.3 Å². The highest BCUT2D eigenvalue weighted by Crippen LogP contribution is 2.27. The molecule has 0 aliphatic carbocycles. The van der Waals surface area contributed by atoms with E-state index in [1.54, 1.807) is 12.1 Å². The van der Waals surface area contributed by atoms with Crippen molar-refractivity contribution >= 4 is 35.8 Å². The molecule has 0 saturated carbocycles. The predicted molar refractivity (Wildman–Crippen MR) is 118 cm³/mol. The van der Waals surface area contributed by atoms with Gasteiger partial charge in [0.1, 0.15) is 11.9 Å². The van der Waals surface area contributed by atoms with Gasteiger partial charge in [0, 0.05) is 18.5 Å². The Morgan fingerprint density at radius 3 is 2.78 bits per heavy atom. The molecule has 6 nitrogen and oxygen atoms in total. The minimum Gasteiger partial charge on any atom is -0.488 e. The summed E-state index contributed by atoms with van der Waals surface area (Å²) in [5, 5.41) is 6.55. The second-order valence-electron chi connectivity index (χ2n) is 6.19. The summed E-state index contributed by atoms with van der Waals surface area (Å²) in [5.74, 6) is 1.25. The number of ether oxygens (including phenoxy) is 1. The van der Waals surface area contributed by atoms with Crippen molar-refractivity contribution in [1.29, 1.82) is 0 Å². The summed E-state index contributed by atoms with van der Waals surface area (Å²) >= 11 is 0. The molecule has 2 aromatic carbocycles. The summed E-state index contributed by atoms with van der Waals surface area (Å²) in [4.78, 5) is 15.9. The number of para-hydroxylation sites is 1. The van der Waals surface area contributed by atoms with Crippen molar-refractivity contribution in [2.24, 2.45) is 10.7 Å². The summed E-state index contributed by atoms with van der Waals surface area (Å²) in [6, 6.07) is 15.3. The Morgan fingerprint density at radius 1 is 1.22 bits per heavy atom. The molecule has 1 heterocycles. The Bertz CT molecular complexity index is 785. The van der Waals surface area contributed by atoms with Crippen molar-refractivity contribution in [3.8, 4) is 5.75 Å². The molecule has 1 unspecified atom stereocenters. The Hall–Kier alpha value is -2.29. The van der Waals surface area contributed by atoms with Crippen molar-refractivity contribution in [3.63, 3.8) is 0 Å². The molecule has 0 saturated heterocycles. The molecule has 0 radical (unpaired) electrons. The molecule has 27 heavy (non-hydrogen) atoms. The lowest BCUT2D eigenvalue weighted by Crippen LogP contribution is -2.42. The number of rotatable bonds is 6. The van der Waals surface area contributed by atoms with Crippen LogP contribution in [0.25, 0.3) is 0 Å². The zero-order valence-electron chi connectivity index (χ0n) is 15.3. The number of amides is 1. The number of primary amides is 1. The van der Waals surface area contributed by atoms with Gasteiger partial charge >= 0.3 is 0 Å². The number of nitrogens with zero attached hydrogens (tertiary/aromatic N) is 1. The molecule has 3 rings (SSSR count). The maximum atomic E-state index is 11.3. The lowest BCUT2D eigenvalue weighted by Gasteiger charge is -2.15. The molecule has 144 valence electrons. The average Bonchev–Trinajstić information content (AvgIpc) is 3.07. The van der Waals surface area contributed by atoms with Crippen molar-refractivity contribution in [2.45, 2.75) is 26.0 Å². The first-order valence-corrected chi connectivity index (χ1v) is 8.81. The molecular formula is C20H25IN4O2. The molecule has 0 aromatic heterocycles. The Morgan fingerprint density at radius 2 is 2.04 bits per heavy atom. The molecule has 1 aliphatic rings. The van der Waals surface area contributed by atoms with Gasteiger partial charge < -0.3 is 21.1 Å². The molecule has 0 fully saturated rings. The number of guanidine groups is 1. The summed E-state index contributed by atoms with van der Waals surface area (Å²) in [5.41, 5.74) is 7.99. The summed E-state index contributed by atoms with van der Waals surface area (Å²) < 4.78 is 5.94. The fraction of sp³-hybridized carbons (Fsp3) is 0.300. The number of hydrogen-bond donors (Lipinski definition) is 3. The third kappa shape index (κ3) is 5.85. The molecule has 4 N–H and O–H groups in total. The Balaban J connectivity index is 0.00000261. The van der Waals surface area contributed by atoms with Crippen molar-refractivity contribution in [2.75, 3.05) is 13.1 Å². The zero-order chi connectivity index (χ0) is 18.4. The van der Waals surface area contributed by atoms with Crippen LogP contribution in [0, 0.1) is 0 Å². The lowest BCUT2D eigenvalue weighted by atomic mass is 10.1. The summed E-state index contributed by atoms with van der Waals surface area (Å²) in [6.07, 6.45) is 0.984. The maximum Gasteiger partial charge on any atom is 0.248 e. The first-order chi connectivity index (χ1) is 12.7. The Kier molecular flexibility index (Phi) is 7.90. The molecule has 7 heteroatoms. The third-order valence-corrected chi connectivity index (χ3v) is 4.19. The number of aliphatic imine (C=N–C) groups is 1. The maximum absolute atomic E-state index is 11.3. The second kappa shape index (κ2) is 10.1. The van der Waals surface area contributed by atoms with E-state index in [-0.39, 0.29) is 30.1 Å². The molecule has 1 atom stereocenters. The van der Waals surface area contributed by atoms with Crippen LogP contribution in [0.5, 0.6) is 5.75 Å². The number of nitrogens with one attached hydrogen (secondary N) is 2. The number of hydrogen-bond acceptors (Lipinski definition) is 3. The van der Waals surface area contributed by atoms with Crippen LogP contribution < -0.4 is 21.1 Å². The third-order valence-electron chi connectivity index (χ3n) is 4.19. The van der Waals surface area contributed by atoms with Crippen molar-refractivity contribution < 1.29 is 9.53 Å². The largest absolute Gasteiger partial charge is 0.488 e. The Labute approximate surface area is 176 Å². The van der Waals surface area contributed by atoms with Crippen LogP contribution in [0.4, 0.5) is 0 Å². The number of fused-ring (bicyclic) bond motifs is 1. The number of nitrogens with two attached hydrogens (primary N) is 1. The van der Waals surface area contributed by atoms with Crippen LogP contribution >= 0.6 is 24.0 Å². The topological polar surface area (TPSA) is 88.7 Å². The van der Waals surface area contributed by atoms with Crippen LogP contribution in [-0.2, 0) is 13.0 Å². The number of benzene rings is 2. The van der Waals surface area contributed by atoms with Crippen LogP contribution in [0.15, 0.2) is 53.5 Å². The fourth-order valence-corrected chi connectivity index (χ4v) is 2.91. The quantitative estimate of drug-likeness (QED) is 0.337.